The average Bonchev–Trinajstić information content (AvgIpc) is 2.44. The Bertz CT molecular complexity index is 622. The molecule has 1 rings (SSSR count). The van der Waals surface area contributed by atoms with E-state index < -0.39 is 23.7 Å². The van der Waals surface area contributed by atoms with Crippen molar-refractivity contribution < 1.29 is 23.9 Å². The van der Waals surface area contributed by atoms with Crippen molar-refractivity contribution in [2.24, 2.45) is 0 Å². The van der Waals surface area contributed by atoms with Crippen molar-refractivity contribution in [3.8, 4) is 0 Å². The van der Waals surface area contributed by atoms with Crippen LogP contribution < -0.4 is 10.6 Å². The number of ether oxygens (including phenoxy) is 2. The molecule has 1 atom stereocenters. The number of hydrogen-bond acceptors (Lipinski definition) is 5. The van der Waals surface area contributed by atoms with Crippen LogP contribution in [0, 0.1) is 0 Å². The highest BCUT2D eigenvalue weighted by Gasteiger charge is 2.23. The Labute approximate surface area is 148 Å². The summed E-state index contributed by atoms with van der Waals surface area (Å²) in [6.07, 6.45) is -0.678. The molecule has 0 saturated heterocycles. The molecule has 138 valence electrons. The van der Waals surface area contributed by atoms with Gasteiger partial charge in [-0.25, -0.2) is 4.79 Å². The molecule has 0 fully saturated rings. The number of esters is 1. The lowest BCUT2D eigenvalue weighted by Gasteiger charge is -2.24. The molecule has 0 unspecified atom stereocenters. The lowest BCUT2D eigenvalue weighted by atomic mass is 10.0. The second-order valence-electron chi connectivity index (χ2n) is 6.51. The molecule has 0 spiro atoms. The van der Waals surface area contributed by atoms with E-state index in [1.54, 1.807) is 52.0 Å². The third kappa shape index (κ3) is 8.19. The summed E-state index contributed by atoms with van der Waals surface area (Å²) in [5, 5.41) is 5.36. The summed E-state index contributed by atoms with van der Waals surface area (Å²) in [5.41, 5.74) is 0.575. The van der Waals surface area contributed by atoms with Crippen molar-refractivity contribution in [3.63, 3.8) is 0 Å². The number of benzene rings is 1. The van der Waals surface area contributed by atoms with Crippen molar-refractivity contribution in [2.75, 3.05) is 11.9 Å². The van der Waals surface area contributed by atoms with Crippen LogP contribution in [0.15, 0.2) is 24.3 Å². The molecule has 0 aliphatic rings. The molecule has 0 saturated carbocycles. The van der Waals surface area contributed by atoms with E-state index in [4.69, 9.17) is 9.47 Å². The van der Waals surface area contributed by atoms with E-state index in [-0.39, 0.29) is 18.9 Å². The average molecular weight is 350 g/mol. The molecule has 2 N–H and O–H groups in total. The molecule has 0 radical (unpaired) electrons. The fraction of sp³-hybridized carbons (Fsp3) is 0.500. The van der Waals surface area contributed by atoms with Crippen LogP contribution in [-0.2, 0) is 19.1 Å². The van der Waals surface area contributed by atoms with E-state index in [1.165, 1.54) is 6.92 Å². The summed E-state index contributed by atoms with van der Waals surface area (Å²) in [6, 6.07) is 6.27. The molecule has 1 aromatic carbocycles. The Kier molecular flexibility index (Phi) is 7.42. The highest BCUT2D eigenvalue weighted by molar-refractivity contribution is 5.88. The van der Waals surface area contributed by atoms with Crippen molar-refractivity contribution in [1.29, 1.82) is 0 Å². The molecule has 0 aromatic heterocycles. The van der Waals surface area contributed by atoms with Crippen LogP contribution in [0.1, 0.15) is 52.6 Å². The Balaban J connectivity index is 2.99. The van der Waals surface area contributed by atoms with Crippen LogP contribution in [0.4, 0.5) is 10.5 Å². The van der Waals surface area contributed by atoms with Gasteiger partial charge in [-0.1, -0.05) is 12.1 Å². The van der Waals surface area contributed by atoms with E-state index in [2.05, 4.69) is 10.6 Å². The Morgan fingerprint density at radius 1 is 1.20 bits per heavy atom. The van der Waals surface area contributed by atoms with Gasteiger partial charge in [0, 0.05) is 12.6 Å². The van der Waals surface area contributed by atoms with E-state index in [9.17, 15) is 14.4 Å². The third-order valence-electron chi connectivity index (χ3n) is 2.98. The maximum absolute atomic E-state index is 12.1. The molecular formula is C18H26N2O5. The van der Waals surface area contributed by atoms with Crippen LogP contribution in [0.2, 0.25) is 0 Å². The molecular weight excluding hydrogens is 324 g/mol. The normalized spacial score (nSPS) is 12.0. The van der Waals surface area contributed by atoms with Crippen molar-refractivity contribution in [2.45, 2.75) is 52.7 Å². The number of carbonyl (C=O) groups is 3. The number of amides is 2. The van der Waals surface area contributed by atoms with Gasteiger partial charge in [-0.15, -0.1) is 0 Å². The van der Waals surface area contributed by atoms with Crippen molar-refractivity contribution >= 4 is 23.7 Å². The van der Waals surface area contributed by atoms with Gasteiger partial charge in [-0.3, -0.25) is 9.59 Å². The highest BCUT2D eigenvalue weighted by Crippen LogP contribution is 2.22. The van der Waals surface area contributed by atoms with Crippen LogP contribution in [0.3, 0.4) is 0 Å². The fourth-order valence-corrected chi connectivity index (χ4v) is 2.13. The smallest absolute Gasteiger partial charge is 0.408 e. The summed E-state index contributed by atoms with van der Waals surface area (Å²) in [4.78, 5) is 35.2. The third-order valence-corrected chi connectivity index (χ3v) is 2.98. The largest absolute Gasteiger partial charge is 0.466 e. The zero-order valence-corrected chi connectivity index (χ0v) is 15.3. The Hall–Kier alpha value is -2.57. The SMILES string of the molecule is CCOC(=O)C[C@@H](NC(=O)OC(C)(C)C)c1cccc(NC(C)=O)c1. The van der Waals surface area contributed by atoms with Gasteiger partial charge < -0.3 is 20.1 Å². The quantitative estimate of drug-likeness (QED) is 0.769. The fourth-order valence-electron chi connectivity index (χ4n) is 2.13. The van der Waals surface area contributed by atoms with E-state index in [0.29, 0.717) is 11.3 Å². The summed E-state index contributed by atoms with van der Waals surface area (Å²) in [5.74, 6) is -0.646. The summed E-state index contributed by atoms with van der Waals surface area (Å²) in [7, 11) is 0. The molecule has 1 aromatic rings. The van der Waals surface area contributed by atoms with Gasteiger partial charge in [-0.2, -0.15) is 0 Å². The van der Waals surface area contributed by atoms with Gasteiger partial charge in [0.25, 0.3) is 0 Å². The van der Waals surface area contributed by atoms with Crippen LogP contribution in [-0.4, -0.2) is 30.2 Å². The van der Waals surface area contributed by atoms with Crippen LogP contribution in [0.25, 0.3) is 0 Å². The monoisotopic (exact) mass is 350 g/mol. The zero-order valence-electron chi connectivity index (χ0n) is 15.3. The van der Waals surface area contributed by atoms with Gasteiger partial charge in [0.15, 0.2) is 0 Å². The number of alkyl carbamates (subject to hydrolysis) is 1. The molecule has 0 aliphatic heterocycles. The summed E-state index contributed by atoms with van der Waals surface area (Å²) in [6.45, 7) is 8.64. The van der Waals surface area contributed by atoms with Gasteiger partial charge in [0.2, 0.25) is 5.91 Å². The van der Waals surface area contributed by atoms with Crippen molar-refractivity contribution in [3.05, 3.63) is 29.8 Å². The highest BCUT2D eigenvalue weighted by atomic mass is 16.6. The van der Waals surface area contributed by atoms with Gasteiger partial charge >= 0.3 is 12.1 Å². The van der Waals surface area contributed by atoms with Gasteiger partial charge in [0.05, 0.1) is 19.1 Å². The number of nitrogens with one attached hydrogen (secondary N) is 2. The first-order chi connectivity index (χ1) is 11.6. The molecule has 2 amide bonds. The Morgan fingerprint density at radius 2 is 1.88 bits per heavy atom. The molecule has 25 heavy (non-hydrogen) atoms. The van der Waals surface area contributed by atoms with Crippen LogP contribution in [0.5, 0.6) is 0 Å². The molecule has 7 nitrogen and oxygen atoms in total. The minimum atomic E-state index is -0.656. The maximum atomic E-state index is 12.1. The summed E-state index contributed by atoms with van der Waals surface area (Å²) < 4.78 is 10.2. The van der Waals surface area contributed by atoms with E-state index in [0.717, 1.165) is 0 Å². The minimum absolute atomic E-state index is 0.0450. The summed E-state index contributed by atoms with van der Waals surface area (Å²) >= 11 is 0. The lowest BCUT2D eigenvalue weighted by molar-refractivity contribution is -0.143. The molecule has 0 aliphatic carbocycles. The predicted molar refractivity (Wildman–Crippen MR) is 94.1 cm³/mol. The molecule has 7 heteroatoms. The van der Waals surface area contributed by atoms with Gasteiger partial charge in [-0.05, 0) is 45.4 Å². The minimum Gasteiger partial charge on any atom is -0.466 e. The number of carbonyl (C=O) groups excluding carboxylic acids is 3. The second-order valence-corrected chi connectivity index (χ2v) is 6.51. The second kappa shape index (κ2) is 9.05. The number of hydrogen-bond donors (Lipinski definition) is 2. The topological polar surface area (TPSA) is 93.7 Å². The number of anilines is 1. The van der Waals surface area contributed by atoms with Crippen molar-refractivity contribution in [1.82, 2.24) is 5.32 Å². The molecule has 0 bridgehead atoms. The van der Waals surface area contributed by atoms with E-state index in [1.807, 2.05) is 0 Å². The molecule has 0 heterocycles. The van der Waals surface area contributed by atoms with Gasteiger partial charge in [0.1, 0.15) is 5.60 Å². The standard InChI is InChI=1S/C18H26N2O5/c1-6-24-16(22)11-15(20-17(23)25-18(3,4)5)13-8-7-9-14(10-13)19-12(2)21/h7-10,15H,6,11H2,1-5H3,(H,19,21)(H,20,23)/t15-/m1/s1. The maximum Gasteiger partial charge on any atom is 0.408 e. The van der Waals surface area contributed by atoms with E-state index >= 15 is 0 Å². The van der Waals surface area contributed by atoms with Crippen LogP contribution >= 0.6 is 0 Å². The Morgan fingerprint density at radius 3 is 2.44 bits per heavy atom. The first kappa shape index (κ1) is 20.5. The number of rotatable bonds is 6. The predicted octanol–water partition coefficient (Wildman–Crippen LogP) is 3.16. The lowest BCUT2D eigenvalue weighted by Crippen LogP contribution is -2.36. The first-order valence-corrected chi connectivity index (χ1v) is 8.13. The first-order valence-electron chi connectivity index (χ1n) is 8.13. The zero-order chi connectivity index (χ0) is 19.0.